The van der Waals surface area contributed by atoms with Crippen LogP contribution in [0.5, 0.6) is 0 Å². The molecule has 9 nitrogen and oxygen atoms in total. The molecular weight excluding hydrogens is 586 g/mol. The fraction of sp³-hybridized carbons (Fsp3) is 0.321. The van der Waals surface area contributed by atoms with Crippen molar-refractivity contribution in [2.75, 3.05) is 32.7 Å². The van der Waals surface area contributed by atoms with Crippen molar-refractivity contribution < 1.29 is 19.1 Å². The van der Waals surface area contributed by atoms with Gasteiger partial charge in [-0.1, -0.05) is 33.6 Å². The topological polar surface area (TPSA) is 111 Å². The van der Waals surface area contributed by atoms with Gasteiger partial charge in [0.15, 0.2) is 0 Å². The van der Waals surface area contributed by atoms with E-state index in [0.29, 0.717) is 35.9 Å². The number of ether oxygens (including phenoxy) is 1. The molecule has 3 amide bonds. The number of halogens is 2. The number of amides is 3. The quantitative estimate of drug-likeness (QED) is 0.274. The molecule has 1 aliphatic heterocycles. The third-order valence-corrected chi connectivity index (χ3v) is 7.21. The SMILES string of the molecule is CC(C)(C)OC(=O)N1CCN(CCNC(=O)c2c(-c3cc4cc(Cl)ccc4[nH]3)[nH]c3cc(Br)ccc23)C(=O)C1. The van der Waals surface area contributed by atoms with Gasteiger partial charge in [-0.15, -0.1) is 0 Å². The number of piperazine rings is 1. The first-order valence-electron chi connectivity index (χ1n) is 12.6. The number of hydrogen-bond donors (Lipinski definition) is 3. The lowest BCUT2D eigenvalue weighted by atomic mass is 10.1. The molecule has 3 N–H and O–H groups in total. The first-order chi connectivity index (χ1) is 18.5. The summed E-state index contributed by atoms with van der Waals surface area (Å²) in [7, 11) is 0. The Morgan fingerprint density at radius 2 is 1.87 bits per heavy atom. The van der Waals surface area contributed by atoms with E-state index in [1.165, 1.54) is 4.90 Å². The lowest BCUT2D eigenvalue weighted by Gasteiger charge is -2.35. The molecule has 0 spiro atoms. The van der Waals surface area contributed by atoms with E-state index < -0.39 is 11.7 Å². The van der Waals surface area contributed by atoms with Gasteiger partial charge in [0.2, 0.25) is 5.91 Å². The minimum Gasteiger partial charge on any atom is -0.444 e. The Hall–Kier alpha value is -3.50. The normalized spacial score (nSPS) is 14.3. The van der Waals surface area contributed by atoms with E-state index in [-0.39, 0.29) is 24.9 Å². The lowest BCUT2D eigenvalue weighted by molar-refractivity contribution is -0.135. The molecular formula is C28H29BrClN5O4. The molecule has 3 heterocycles. The number of benzene rings is 2. The number of nitrogens with zero attached hydrogens (tertiary/aromatic N) is 2. The van der Waals surface area contributed by atoms with Crippen molar-refractivity contribution >= 4 is 67.2 Å². The van der Waals surface area contributed by atoms with Crippen molar-refractivity contribution in [1.82, 2.24) is 25.1 Å². The van der Waals surface area contributed by atoms with Gasteiger partial charge >= 0.3 is 6.09 Å². The van der Waals surface area contributed by atoms with Crippen molar-refractivity contribution in [2.45, 2.75) is 26.4 Å². The molecule has 0 bridgehead atoms. The third-order valence-electron chi connectivity index (χ3n) is 6.48. The van der Waals surface area contributed by atoms with Crippen LogP contribution in [0.3, 0.4) is 0 Å². The maximum Gasteiger partial charge on any atom is 0.410 e. The second-order valence-corrected chi connectivity index (χ2v) is 11.9. The molecule has 11 heteroatoms. The maximum absolute atomic E-state index is 13.5. The van der Waals surface area contributed by atoms with E-state index >= 15 is 0 Å². The standard InChI is InChI=1S/C28H29BrClN5O4/c1-28(2,3)39-27(38)35-11-10-34(23(36)15-35)9-8-31-26(37)24-19-6-4-17(29)14-21(19)33-25(24)22-13-16-12-18(30)5-7-20(16)32-22/h4-7,12-14,32-33H,8-11,15H2,1-3H3,(H,31,37). The molecule has 0 unspecified atom stereocenters. The Kier molecular flexibility index (Phi) is 7.35. The predicted octanol–water partition coefficient (Wildman–Crippen LogP) is 5.54. The Morgan fingerprint density at radius 3 is 2.62 bits per heavy atom. The second-order valence-electron chi connectivity index (χ2n) is 10.5. The fourth-order valence-corrected chi connectivity index (χ4v) is 5.21. The molecule has 0 atom stereocenters. The zero-order chi connectivity index (χ0) is 27.9. The predicted molar refractivity (Wildman–Crippen MR) is 155 cm³/mol. The number of aromatic amines is 2. The summed E-state index contributed by atoms with van der Waals surface area (Å²) < 4.78 is 6.27. The van der Waals surface area contributed by atoms with Crippen LogP contribution in [0, 0.1) is 0 Å². The van der Waals surface area contributed by atoms with Crippen LogP contribution in [0.15, 0.2) is 46.9 Å². The molecule has 204 valence electrons. The first-order valence-corrected chi connectivity index (χ1v) is 13.8. The molecule has 2 aromatic carbocycles. The van der Waals surface area contributed by atoms with E-state index in [1.807, 2.05) is 42.5 Å². The van der Waals surface area contributed by atoms with E-state index in [4.69, 9.17) is 16.3 Å². The van der Waals surface area contributed by atoms with Gasteiger partial charge in [-0.05, 0) is 57.2 Å². The number of aromatic nitrogens is 2. The summed E-state index contributed by atoms with van der Waals surface area (Å²) in [5, 5.41) is 5.33. The van der Waals surface area contributed by atoms with Gasteiger partial charge in [0, 0.05) is 57.5 Å². The van der Waals surface area contributed by atoms with Gasteiger partial charge in [-0.2, -0.15) is 0 Å². The van der Waals surface area contributed by atoms with Crippen LogP contribution in [0.4, 0.5) is 4.79 Å². The summed E-state index contributed by atoms with van der Waals surface area (Å²) in [4.78, 5) is 48.3. The van der Waals surface area contributed by atoms with Crippen LogP contribution in [0.1, 0.15) is 31.1 Å². The molecule has 1 fully saturated rings. The Bertz CT molecular complexity index is 1590. The number of carbonyl (C=O) groups excluding carboxylic acids is 3. The summed E-state index contributed by atoms with van der Waals surface area (Å²) in [6, 6.07) is 13.3. The van der Waals surface area contributed by atoms with E-state index in [2.05, 4.69) is 31.2 Å². The average molecular weight is 615 g/mol. The maximum atomic E-state index is 13.5. The van der Waals surface area contributed by atoms with Gasteiger partial charge < -0.3 is 24.9 Å². The van der Waals surface area contributed by atoms with Crippen LogP contribution < -0.4 is 5.32 Å². The minimum atomic E-state index is -0.626. The highest BCUT2D eigenvalue weighted by molar-refractivity contribution is 9.10. The minimum absolute atomic E-state index is 0.0469. The van der Waals surface area contributed by atoms with Crippen molar-refractivity contribution in [1.29, 1.82) is 0 Å². The molecule has 5 rings (SSSR count). The zero-order valence-corrected chi connectivity index (χ0v) is 24.2. The van der Waals surface area contributed by atoms with Crippen molar-refractivity contribution in [3.63, 3.8) is 0 Å². The first kappa shape index (κ1) is 27.1. The number of hydrogen-bond acceptors (Lipinski definition) is 4. The fourth-order valence-electron chi connectivity index (χ4n) is 4.67. The van der Waals surface area contributed by atoms with Crippen LogP contribution >= 0.6 is 27.5 Å². The van der Waals surface area contributed by atoms with Crippen molar-refractivity contribution in [3.05, 3.63) is 57.5 Å². The van der Waals surface area contributed by atoms with Crippen molar-refractivity contribution in [3.8, 4) is 11.4 Å². The van der Waals surface area contributed by atoms with Crippen LogP contribution in [0.2, 0.25) is 5.02 Å². The number of carbonyl (C=O) groups is 3. The molecule has 4 aromatic rings. The van der Waals surface area contributed by atoms with Gasteiger partial charge in [0.05, 0.1) is 17.0 Å². The summed E-state index contributed by atoms with van der Waals surface area (Å²) in [5.74, 6) is -0.439. The van der Waals surface area contributed by atoms with Crippen LogP contribution in [-0.2, 0) is 9.53 Å². The van der Waals surface area contributed by atoms with Crippen molar-refractivity contribution in [2.24, 2.45) is 0 Å². The lowest BCUT2D eigenvalue weighted by Crippen LogP contribution is -2.54. The highest BCUT2D eigenvalue weighted by Crippen LogP contribution is 2.33. The smallest absolute Gasteiger partial charge is 0.410 e. The number of nitrogens with one attached hydrogen (secondary N) is 3. The highest BCUT2D eigenvalue weighted by Gasteiger charge is 2.30. The molecule has 0 saturated carbocycles. The summed E-state index contributed by atoms with van der Waals surface area (Å²) in [5.41, 5.74) is 3.03. The van der Waals surface area contributed by atoms with Gasteiger partial charge in [-0.25, -0.2) is 4.79 Å². The van der Waals surface area contributed by atoms with Gasteiger partial charge in [-0.3, -0.25) is 14.5 Å². The van der Waals surface area contributed by atoms with Gasteiger partial charge in [0.25, 0.3) is 5.91 Å². The number of rotatable bonds is 5. The zero-order valence-electron chi connectivity index (χ0n) is 21.9. The molecule has 1 saturated heterocycles. The third kappa shape index (κ3) is 5.91. The monoisotopic (exact) mass is 613 g/mol. The molecule has 0 radical (unpaired) electrons. The van der Waals surface area contributed by atoms with E-state index in [1.54, 1.807) is 25.7 Å². The molecule has 2 aromatic heterocycles. The molecule has 0 aliphatic carbocycles. The van der Waals surface area contributed by atoms with E-state index in [9.17, 15) is 14.4 Å². The highest BCUT2D eigenvalue weighted by atomic mass is 79.9. The Labute approximate surface area is 238 Å². The molecule has 1 aliphatic rings. The Morgan fingerprint density at radius 1 is 1.08 bits per heavy atom. The Balaban J connectivity index is 1.30. The second kappa shape index (κ2) is 10.6. The summed E-state index contributed by atoms with van der Waals surface area (Å²) >= 11 is 9.67. The molecule has 39 heavy (non-hydrogen) atoms. The number of H-pyrrole nitrogens is 2. The largest absolute Gasteiger partial charge is 0.444 e. The summed E-state index contributed by atoms with van der Waals surface area (Å²) in [6.07, 6.45) is -0.499. The van der Waals surface area contributed by atoms with Crippen LogP contribution in [0.25, 0.3) is 33.2 Å². The number of fused-ring (bicyclic) bond motifs is 2. The van der Waals surface area contributed by atoms with Crippen LogP contribution in [-0.4, -0.2) is 76.0 Å². The average Bonchev–Trinajstić information content (AvgIpc) is 3.44. The summed E-state index contributed by atoms with van der Waals surface area (Å²) in [6.45, 7) is 6.67. The van der Waals surface area contributed by atoms with Gasteiger partial charge in [0.1, 0.15) is 12.1 Å². The van der Waals surface area contributed by atoms with E-state index in [0.717, 1.165) is 32.0 Å².